The first-order chi connectivity index (χ1) is 13.6. The van der Waals surface area contributed by atoms with E-state index in [9.17, 15) is 14.4 Å². The van der Waals surface area contributed by atoms with Gasteiger partial charge in [-0.25, -0.2) is 5.10 Å². The van der Waals surface area contributed by atoms with E-state index in [0.29, 0.717) is 24.6 Å². The number of carbonyl (C=O) groups excluding carboxylic acids is 2. The molecule has 4 rings (SSSR count). The average Bonchev–Trinajstić information content (AvgIpc) is 3.36. The average molecular weight is 386 g/mol. The summed E-state index contributed by atoms with van der Waals surface area (Å²) < 4.78 is 0. The van der Waals surface area contributed by atoms with E-state index >= 15 is 0 Å². The lowest BCUT2D eigenvalue weighted by Crippen LogP contribution is -2.35. The number of nitrogens with one attached hydrogen (secondary N) is 1. The zero-order valence-electron chi connectivity index (χ0n) is 16.5. The van der Waals surface area contributed by atoms with E-state index in [4.69, 9.17) is 0 Å². The number of likely N-dealkylation sites (tertiary alicyclic amines) is 2. The Labute approximate surface area is 165 Å². The number of nitrogens with zero attached hydrogens (tertiary/aromatic N) is 3. The fraction of sp³-hybridized carbons (Fsp3) is 0.714. The minimum Gasteiger partial charge on any atom is -0.343 e. The molecule has 2 aliphatic heterocycles. The third-order valence-electron chi connectivity index (χ3n) is 7.01. The van der Waals surface area contributed by atoms with Crippen molar-refractivity contribution in [2.75, 3.05) is 26.2 Å². The first kappa shape index (κ1) is 19.2. The van der Waals surface area contributed by atoms with Crippen LogP contribution in [0.25, 0.3) is 0 Å². The van der Waals surface area contributed by atoms with E-state index in [0.717, 1.165) is 51.7 Å². The molecule has 1 unspecified atom stereocenters. The standard InChI is InChI=1S/C21H30N4O3/c26-18-8-7-17(22-23-18)20(28)25-14-16(21(15-25)10-2-1-3-11-21)6-9-19(27)24-12-4-5-13-24/h7-8,16H,1-6,9-15H2,(H,23,26). The monoisotopic (exact) mass is 386 g/mol. The van der Waals surface area contributed by atoms with Crippen LogP contribution in [0.4, 0.5) is 0 Å². The maximum absolute atomic E-state index is 12.9. The molecule has 1 N–H and O–H groups in total. The summed E-state index contributed by atoms with van der Waals surface area (Å²) >= 11 is 0. The highest BCUT2D eigenvalue weighted by Gasteiger charge is 2.48. The van der Waals surface area contributed by atoms with Gasteiger partial charge < -0.3 is 9.80 Å². The molecule has 152 valence electrons. The second kappa shape index (κ2) is 8.05. The van der Waals surface area contributed by atoms with Crippen LogP contribution < -0.4 is 5.56 Å². The second-order valence-electron chi connectivity index (χ2n) is 8.74. The number of rotatable bonds is 4. The number of aromatic nitrogens is 2. The summed E-state index contributed by atoms with van der Waals surface area (Å²) in [5.74, 6) is 0.524. The lowest BCUT2D eigenvalue weighted by atomic mass is 9.66. The van der Waals surface area contributed by atoms with E-state index in [1.807, 2.05) is 9.80 Å². The van der Waals surface area contributed by atoms with Gasteiger partial charge in [0.25, 0.3) is 11.5 Å². The molecule has 1 atom stereocenters. The fourth-order valence-electron chi connectivity index (χ4n) is 5.46. The van der Waals surface area contributed by atoms with Crippen molar-refractivity contribution in [3.8, 4) is 0 Å². The van der Waals surface area contributed by atoms with Gasteiger partial charge in [0, 0.05) is 38.7 Å². The third-order valence-corrected chi connectivity index (χ3v) is 7.01. The van der Waals surface area contributed by atoms with Crippen molar-refractivity contribution >= 4 is 11.8 Å². The number of hydrogen-bond donors (Lipinski definition) is 1. The summed E-state index contributed by atoms with van der Waals surface area (Å²) in [6, 6.07) is 2.85. The molecule has 0 radical (unpaired) electrons. The van der Waals surface area contributed by atoms with Crippen LogP contribution in [0.3, 0.4) is 0 Å². The maximum atomic E-state index is 12.9. The molecule has 0 bridgehead atoms. The van der Waals surface area contributed by atoms with Gasteiger partial charge >= 0.3 is 0 Å². The molecule has 3 aliphatic rings. The van der Waals surface area contributed by atoms with Gasteiger partial charge in [-0.3, -0.25) is 14.4 Å². The van der Waals surface area contributed by atoms with Crippen LogP contribution in [-0.4, -0.2) is 58.0 Å². The van der Waals surface area contributed by atoms with Crippen molar-refractivity contribution < 1.29 is 9.59 Å². The van der Waals surface area contributed by atoms with E-state index < -0.39 is 0 Å². The van der Waals surface area contributed by atoms with Crippen molar-refractivity contribution in [2.45, 2.75) is 57.8 Å². The smallest absolute Gasteiger partial charge is 0.274 e. The topological polar surface area (TPSA) is 86.4 Å². The molecule has 2 saturated heterocycles. The van der Waals surface area contributed by atoms with Gasteiger partial charge in [-0.2, -0.15) is 5.10 Å². The Hall–Kier alpha value is -2.18. The Balaban J connectivity index is 1.46. The van der Waals surface area contributed by atoms with Gasteiger partial charge in [-0.1, -0.05) is 19.3 Å². The molecule has 7 heteroatoms. The lowest BCUT2D eigenvalue weighted by molar-refractivity contribution is -0.130. The Morgan fingerprint density at radius 2 is 1.82 bits per heavy atom. The summed E-state index contributed by atoms with van der Waals surface area (Å²) in [5.41, 5.74) is 0.126. The summed E-state index contributed by atoms with van der Waals surface area (Å²) in [6.45, 7) is 3.23. The third kappa shape index (κ3) is 3.84. The molecule has 28 heavy (non-hydrogen) atoms. The molecule has 1 aliphatic carbocycles. The van der Waals surface area contributed by atoms with Crippen molar-refractivity contribution in [3.63, 3.8) is 0 Å². The second-order valence-corrected chi connectivity index (χ2v) is 8.74. The van der Waals surface area contributed by atoms with Crippen LogP contribution in [-0.2, 0) is 4.79 Å². The predicted octanol–water partition coefficient (Wildman–Crippen LogP) is 2.19. The van der Waals surface area contributed by atoms with Crippen LogP contribution >= 0.6 is 0 Å². The largest absolute Gasteiger partial charge is 0.343 e. The van der Waals surface area contributed by atoms with E-state index in [-0.39, 0.29) is 22.8 Å². The van der Waals surface area contributed by atoms with Gasteiger partial charge in [0.05, 0.1) is 0 Å². The van der Waals surface area contributed by atoms with Gasteiger partial charge in [-0.15, -0.1) is 0 Å². The Bertz CT molecular complexity index is 758. The van der Waals surface area contributed by atoms with Crippen molar-refractivity contribution in [1.82, 2.24) is 20.0 Å². The van der Waals surface area contributed by atoms with E-state index in [1.54, 1.807) is 0 Å². The highest BCUT2D eigenvalue weighted by molar-refractivity contribution is 5.92. The summed E-state index contributed by atoms with van der Waals surface area (Å²) in [4.78, 5) is 40.6. The fourth-order valence-corrected chi connectivity index (χ4v) is 5.46. The molecule has 1 aromatic heterocycles. The van der Waals surface area contributed by atoms with Crippen LogP contribution in [0.1, 0.15) is 68.3 Å². The highest BCUT2D eigenvalue weighted by atomic mass is 16.2. The van der Waals surface area contributed by atoms with Crippen LogP contribution in [0.15, 0.2) is 16.9 Å². The first-order valence-corrected chi connectivity index (χ1v) is 10.7. The van der Waals surface area contributed by atoms with Gasteiger partial charge in [0.2, 0.25) is 5.91 Å². The molecule has 1 saturated carbocycles. The molecule has 1 aromatic rings. The molecule has 3 heterocycles. The minimum atomic E-state index is -0.306. The Kier molecular flexibility index (Phi) is 5.51. The normalized spacial score (nSPS) is 24.1. The number of hydrogen-bond acceptors (Lipinski definition) is 4. The SMILES string of the molecule is O=C(CCC1CN(C(=O)c2ccc(=O)[nH]n2)CC12CCCCC2)N1CCCC1. The summed E-state index contributed by atoms with van der Waals surface area (Å²) in [7, 11) is 0. The number of carbonyl (C=O) groups is 2. The zero-order chi connectivity index (χ0) is 19.6. The van der Waals surface area contributed by atoms with Crippen molar-refractivity contribution in [1.29, 1.82) is 0 Å². The van der Waals surface area contributed by atoms with Gasteiger partial charge in [0.15, 0.2) is 0 Å². The van der Waals surface area contributed by atoms with E-state index in [1.165, 1.54) is 31.4 Å². The van der Waals surface area contributed by atoms with Crippen molar-refractivity contribution in [3.05, 3.63) is 28.2 Å². The highest BCUT2D eigenvalue weighted by Crippen LogP contribution is 2.49. The summed E-state index contributed by atoms with van der Waals surface area (Å²) in [6.07, 6.45) is 9.63. The molecule has 1 spiro atoms. The van der Waals surface area contributed by atoms with Crippen LogP contribution in [0.5, 0.6) is 0 Å². The Morgan fingerprint density at radius 3 is 2.50 bits per heavy atom. The van der Waals surface area contributed by atoms with Crippen molar-refractivity contribution in [2.24, 2.45) is 11.3 Å². The zero-order valence-corrected chi connectivity index (χ0v) is 16.5. The lowest BCUT2D eigenvalue weighted by Gasteiger charge is -2.38. The number of aromatic amines is 1. The molecular formula is C21H30N4O3. The number of amides is 2. The maximum Gasteiger partial charge on any atom is 0.274 e. The molecule has 0 aromatic carbocycles. The van der Waals surface area contributed by atoms with Crippen LogP contribution in [0, 0.1) is 11.3 Å². The first-order valence-electron chi connectivity index (χ1n) is 10.7. The number of H-pyrrole nitrogens is 1. The molecular weight excluding hydrogens is 356 g/mol. The molecule has 7 nitrogen and oxygen atoms in total. The van der Waals surface area contributed by atoms with E-state index in [2.05, 4.69) is 10.2 Å². The summed E-state index contributed by atoms with van der Waals surface area (Å²) in [5, 5.41) is 6.27. The molecule has 2 amide bonds. The minimum absolute atomic E-state index is 0.116. The van der Waals surface area contributed by atoms with Crippen LogP contribution in [0.2, 0.25) is 0 Å². The predicted molar refractivity (Wildman–Crippen MR) is 105 cm³/mol. The Morgan fingerprint density at radius 1 is 1.07 bits per heavy atom. The van der Waals surface area contributed by atoms with Gasteiger partial charge in [0.1, 0.15) is 5.69 Å². The molecule has 3 fully saturated rings. The van der Waals surface area contributed by atoms with Gasteiger partial charge in [-0.05, 0) is 49.5 Å². The quantitative estimate of drug-likeness (QED) is 0.859.